The molecule has 0 aliphatic rings. The second-order valence-corrected chi connectivity index (χ2v) is 7.37. The van der Waals surface area contributed by atoms with Crippen molar-refractivity contribution in [1.29, 1.82) is 0 Å². The minimum Gasteiger partial charge on any atom is -0.351 e. The van der Waals surface area contributed by atoms with Gasteiger partial charge in [0.2, 0.25) is 0 Å². The van der Waals surface area contributed by atoms with Crippen LogP contribution in [0.2, 0.25) is 0 Å². The number of hydrogen-bond acceptors (Lipinski definition) is 4. The lowest BCUT2D eigenvalue weighted by Crippen LogP contribution is -2.25. The minimum absolute atomic E-state index is 0.182. The van der Waals surface area contributed by atoms with Gasteiger partial charge in [-0.1, -0.05) is 59.4 Å². The zero-order valence-electron chi connectivity index (χ0n) is 15.8. The van der Waals surface area contributed by atoms with E-state index in [0.717, 1.165) is 23.3 Å². The van der Waals surface area contributed by atoms with Gasteiger partial charge in [0.05, 0.1) is 5.69 Å². The SMILES string of the molecule is Cc1ccc(NC(=O)Nc2nc(C)c(C(=O)NCCc3ccccc3)s2)cc1. The van der Waals surface area contributed by atoms with Crippen LogP contribution in [0.4, 0.5) is 15.6 Å². The van der Waals surface area contributed by atoms with Gasteiger partial charge in [-0.15, -0.1) is 0 Å². The van der Waals surface area contributed by atoms with Crippen molar-refractivity contribution in [3.63, 3.8) is 0 Å². The standard InChI is InChI=1S/C21H22N4O2S/c1-14-8-10-17(11-9-14)24-20(27)25-21-23-15(2)18(28-21)19(26)22-13-12-16-6-4-3-5-7-16/h3-11H,12-13H2,1-2H3,(H,22,26)(H2,23,24,25,27). The number of amides is 3. The quantitative estimate of drug-likeness (QED) is 0.580. The predicted octanol–water partition coefficient (Wildman–Crippen LogP) is 4.38. The molecule has 7 heteroatoms. The number of aromatic nitrogens is 1. The summed E-state index contributed by atoms with van der Waals surface area (Å²) in [7, 11) is 0. The van der Waals surface area contributed by atoms with Gasteiger partial charge in [-0.25, -0.2) is 9.78 Å². The van der Waals surface area contributed by atoms with Crippen molar-refractivity contribution >= 4 is 34.1 Å². The number of nitrogens with one attached hydrogen (secondary N) is 3. The number of rotatable bonds is 6. The number of urea groups is 1. The fourth-order valence-electron chi connectivity index (χ4n) is 2.60. The third-order valence-electron chi connectivity index (χ3n) is 4.07. The van der Waals surface area contributed by atoms with Crippen molar-refractivity contribution in [1.82, 2.24) is 10.3 Å². The Balaban J connectivity index is 1.53. The van der Waals surface area contributed by atoms with Crippen molar-refractivity contribution in [3.05, 3.63) is 76.3 Å². The van der Waals surface area contributed by atoms with E-state index in [9.17, 15) is 9.59 Å². The number of nitrogens with zero attached hydrogens (tertiary/aromatic N) is 1. The molecule has 1 heterocycles. The summed E-state index contributed by atoms with van der Waals surface area (Å²) in [4.78, 5) is 29.3. The van der Waals surface area contributed by atoms with Gasteiger partial charge in [-0.05, 0) is 38.0 Å². The van der Waals surface area contributed by atoms with E-state index < -0.39 is 6.03 Å². The number of hydrogen-bond donors (Lipinski definition) is 3. The first kappa shape index (κ1) is 19.6. The summed E-state index contributed by atoms with van der Waals surface area (Å²) < 4.78 is 0. The third kappa shape index (κ3) is 5.40. The molecule has 0 spiro atoms. The Kier molecular flexibility index (Phi) is 6.39. The van der Waals surface area contributed by atoms with Crippen LogP contribution in [-0.2, 0) is 6.42 Å². The van der Waals surface area contributed by atoms with Crippen molar-refractivity contribution in [2.45, 2.75) is 20.3 Å². The molecule has 0 aliphatic carbocycles. The van der Waals surface area contributed by atoms with Crippen molar-refractivity contribution in [2.75, 3.05) is 17.2 Å². The van der Waals surface area contributed by atoms with Gasteiger partial charge in [0.15, 0.2) is 5.13 Å². The van der Waals surface area contributed by atoms with E-state index in [2.05, 4.69) is 20.9 Å². The molecule has 0 radical (unpaired) electrons. The van der Waals surface area contributed by atoms with Crippen LogP contribution in [0.25, 0.3) is 0 Å². The third-order valence-corrected chi connectivity index (χ3v) is 5.15. The van der Waals surface area contributed by atoms with Gasteiger partial charge in [-0.2, -0.15) is 0 Å². The second kappa shape index (κ2) is 9.14. The summed E-state index contributed by atoms with van der Waals surface area (Å²) >= 11 is 1.16. The summed E-state index contributed by atoms with van der Waals surface area (Å²) in [6.07, 6.45) is 0.758. The van der Waals surface area contributed by atoms with E-state index in [1.807, 2.05) is 61.5 Å². The van der Waals surface area contributed by atoms with Crippen LogP contribution < -0.4 is 16.0 Å². The largest absolute Gasteiger partial charge is 0.351 e. The highest BCUT2D eigenvalue weighted by atomic mass is 32.1. The molecule has 6 nitrogen and oxygen atoms in total. The minimum atomic E-state index is -0.395. The van der Waals surface area contributed by atoms with Gasteiger partial charge in [-0.3, -0.25) is 10.1 Å². The van der Waals surface area contributed by atoms with E-state index in [4.69, 9.17) is 0 Å². The molecule has 3 N–H and O–H groups in total. The molecule has 0 bridgehead atoms. The van der Waals surface area contributed by atoms with Gasteiger partial charge in [0, 0.05) is 12.2 Å². The normalized spacial score (nSPS) is 10.4. The fourth-order valence-corrected chi connectivity index (χ4v) is 3.48. The fraction of sp³-hybridized carbons (Fsp3) is 0.190. The number of benzene rings is 2. The van der Waals surface area contributed by atoms with E-state index in [-0.39, 0.29) is 5.91 Å². The van der Waals surface area contributed by atoms with E-state index in [1.54, 1.807) is 6.92 Å². The van der Waals surface area contributed by atoms with Crippen LogP contribution in [0, 0.1) is 13.8 Å². The highest BCUT2D eigenvalue weighted by Crippen LogP contribution is 2.22. The van der Waals surface area contributed by atoms with Crippen molar-refractivity contribution in [3.8, 4) is 0 Å². The zero-order valence-corrected chi connectivity index (χ0v) is 16.6. The molecule has 144 valence electrons. The first-order chi connectivity index (χ1) is 13.5. The maximum absolute atomic E-state index is 12.4. The van der Waals surface area contributed by atoms with E-state index >= 15 is 0 Å². The second-order valence-electron chi connectivity index (χ2n) is 6.37. The number of thiazole rings is 1. The predicted molar refractivity (Wildman–Crippen MR) is 113 cm³/mol. The molecule has 3 aromatic rings. The molecule has 3 rings (SSSR count). The highest BCUT2D eigenvalue weighted by molar-refractivity contribution is 7.17. The lowest BCUT2D eigenvalue weighted by Gasteiger charge is -2.05. The lowest BCUT2D eigenvalue weighted by molar-refractivity contribution is 0.0957. The Morgan fingerprint density at radius 2 is 1.68 bits per heavy atom. The molecule has 2 aromatic carbocycles. The van der Waals surface area contributed by atoms with E-state index in [0.29, 0.717) is 27.9 Å². The summed E-state index contributed by atoms with van der Waals surface area (Å²) in [6, 6.07) is 17.1. The van der Waals surface area contributed by atoms with Crippen molar-refractivity contribution in [2.24, 2.45) is 0 Å². The van der Waals surface area contributed by atoms with Crippen LogP contribution in [0.15, 0.2) is 54.6 Å². The Morgan fingerprint density at radius 1 is 0.964 bits per heavy atom. The Labute approximate surface area is 168 Å². The average Bonchev–Trinajstić information content (AvgIpc) is 3.04. The Bertz CT molecular complexity index is 952. The first-order valence-corrected chi connectivity index (χ1v) is 9.77. The number of anilines is 2. The molecular weight excluding hydrogens is 372 g/mol. The smallest absolute Gasteiger partial charge is 0.325 e. The maximum atomic E-state index is 12.4. The number of aryl methyl sites for hydroxylation is 2. The van der Waals surface area contributed by atoms with Crippen LogP contribution >= 0.6 is 11.3 Å². The topological polar surface area (TPSA) is 83.1 Å². The zero-order chi connectivity index (χ0) is 19.9. The summed E-state index contributed by atoms with van der Waals surface area (Å²) in [5.74, 6) is -0.182. The Hall–Kier alpha value is -3.19. The summed E-state index contributed by atoms with van der Waals surface area (Å²) in [5.41, 5.74) is 3.56. The maximum Gasteiger partial charge on any atom is 0.325 e. The molecule has 0 atom stereocenters. The molecule has 0 fully saturated rings. The Morgan fingerprint density at radius 3 is 2.39 bits per heavy atom. The lowest BCUT2D eigenvalue weighted by atomic mass is 10.1. The molecule has 28 heavy (non-hydrogen) atoms. The van der Waals surface area contributed by atoms with Crippen LogP contribution in [-0.4, -0.2) is 23.5 Å². The van der Waals surface area contributed by atoms with E-state index in [1.165, 1.54) is 5.56 Å². The van der Waals surface area contributed by atoms with Gasteiger partial charge in [0.25, 0.3) is 5.91 Å². The number of carbonyl (C=O) groups excluding carboxylic acids is 2. The summed E-state index contributed by atoms with van der Waals surface area (Å²) in [6.45, 7) is 4.27. The molecule has 3 amide bonds. The molecule has 0 unspecified atom stereocenters. The first-order valence-electron chi connectivity index (χ1n) is 8.95. The van der Waals surface area contributed by atoms with Crippen LogP contribution in [0.1, 0.15) is 26.5 Å². The molecule has 0 saturated heterocycles. The van der Waals surface area contributed by atoms with Crippen LogP contribution in [0.3, 0.4) is 0 Å². The molecule has 1 aromatic heterocycles. The van der Waals surface area contributed by atoms with Crippen molar-refractivity contribution < 1.29 is 9.59 Å². The molecular formula is C21H22N4O2S. The van der Waals surface area contributed by atoms with Gasteiger partial charge in [0.1, 0.15) is 4.88 Å². The van der Waals surface area contributed by atoms with Gasteiger partial charge >= 0.3 is 6.03 Å². The average molecular weight is 395 g/mol. The highest BCUT2D eigenvalue weighted by Gasteiger charge is 2.16. The number of carbonyl (C=O) groups is 2. The van der Waals surface area contributed by atoms with Gasteiger partial charge < -0.3 is 10.6 Å². The molecule has 0 aliphatic heterocycles. The van der Waals surface area contributed by atoms with Crippen LogP contribution in [0.5, 0.6) is 0 Å². The molecule has 0 saturated carbocycles. The monoisotopic (exact) mass is 394 g/mol. The summed E-state index contributed by atoms with van der Waals surface area (Å²) in [5, 5.41) is 8.71.